The molecule has 1 aliphatic heterocycles. The van der Waals surface area contributed by atoms with Crippen LogP contribution in [0.4, 0.5) is 9.59 Å². The fraction of sp³-hybridized carbons (Fsp3) is 0.400. The van der Waals surface area contributed by atoms with Crippen molar-refractivity contribution in [3.05, 3.63) is 52.7 Å². The van der Waals surface area contributed by atoms with Crippen molar-refractivity contribution >= 4 is 24.1 Å². The van der Waals surface area contributed by atoms with E-state index >= 15 is 0 Å². The third kappa shape index (κ3) is 5.01. The highest BCUT2D eigenvalue weighted by atomic mass is 32.2. The first-order valence-corrected chi connectivity index (χ1v) is 9.96. The Morgan fingerprint density at radius 2 is 1.61 bits per heavy atom. The molecule has 1 heterocycles. The molecule has 1 atom stereocenters. The smallest absolute Gasteiger partial charge is 0.437 e. The highest BCUT2D eigenvalue weighted by molar-refractivity contribution is 7.98. The topological polar surface area (TPSA) is 83.1 Å². The van der Waals surface area contributed by atoms with Gasteiger partial charge in [0.25, 0.3) is 0 Å². The van der Waals surface area contributed by atoms with Gasteiger partial charge in [0.2, 0.25) is 0 Å². The van der Waals surface area contributed by atoms with Crippen LogP contribution < -0.4 is 5.32 Å². The lowest BCUT2D eigenvalue weighted by atomic mass is 9.90. The van der Waals surface area contributed by atoms with Crippen LogP contribution in [0.2, 0.25) is 0 Å². The highest BCUT2D eigenvalue weighted by Crippen LogP contribution is 2.42. The normalized spacial score (nSPS) is 16.6. The minimum atomic E-state index is -0.855. The van der Waals surface area contributed by atoms with E-state index in [9.17, 15) is 9.59 Å². The second-order valence-electron chi connectivity index (χ2n) is 6.35. The van der Waals surface area contributed by atoms with Crippen LogP contribution in [0.1, 0.15) is 39.2 Å². The lowest BCUT2D eigenvalue weighted by molar-refractivity contribution is 0.0467. The zero-order valence-electron chi connectivity index (χ0n) is 16.8. The van der Waals surface area contributed by atoms with Crippen LogP contribution in [0.3, 0.4) is 0 Å². The van der Waals surface area contributed by atoms with Crippen molar-refractivity contribution < 1.29 is 28.5 Å². The molecule has 0 bridgehead atoms. The molecule has 1 aromatic carbocycles. The van der Waals surface area contributed by atoms with Crippen molar-refractivity contribution in [3.8, 4) is 0 Å². The Balaban J connectivity index is 2.56. The summed E-state index contributed by atoms with van der Waals surface area (Å²) >= 11 is 1.54. The zero-order chi connectivity index (χ0) is 20.8. The molecule has 1 unspecified atom stereocenters. The first-order valence-electron chi connectivity index (χ1n) is 8.74. The third-order valence-corrected chi connectivity index (χ3v) is 4.79. The van der Waals surface area contributed by atoms with Gasteiger partial charge in [-0.15, -0.1) is 11.8 Å². The highest BCUT2D eigenvalue weighted by Gasteiger charge is 2.36. The molecule has 0 fully saturated rings. The van der Waals surface area contributed by atoms with Crippen LogP contribution in [0, 0.1) is 0 Å². The van der Waals surface area contributed by atoms with Crippen molar-refractivity contribution in [2.24, 2.45) is 0 Å². The fourth-order valence-corrected chi connectivity index (χ4v) is 3.49. The van der Waals surface area contributed by atoms with E-state index in [1.54, 1.807) is 39.5 Å². The second kappa shape index (κ2) is 9.54. The number of hydrogen-bond acceptors (Lipinski definition) is 8. The van der Waals surface area contributed by atoms with Gasteiger partial charge in [-0.3, -0.25) is 0 Å². The molecule has 0 amide bonds. The maximum absolute atomic E-state index is 12.2. The molecular formula is C20H25NO6S. The summed E-state index contributed by atoms with van der Waals surface area (Å²) in [7, 11) is 1.23. The average Bonchev–Trinajstić information content (AvgIpc) is 2.64. The number of dihydropyridines is 1. The molecular weight excluding hydrogens is 382 g/mol. The summed E-state index contributed by atoms with van der Waals surface area (Å²) in [4.78, 5) is 25.0. The molecule has 0 saturated carbocycles. The summed E-state index contributed by atoms with van der Waals surface area (Å²) in [5.41, 5.74) is 2.08. The quantitative estimate of drug-likeness (QED) is 0.545. The average molecular weight is 407 g/mol. The lowest BCUT2D eigenvalue weighted by Gasteiger charge is -2.31. The Morgan fingerprint density at radius 3 is 2.14 bits per heavy atom. The summed E-state index contributed by atoms with van der Waals surface area (Å²) < 4.78 is 20.8. The van der Waals surface area contributed by atoms with Gasteiger partial charge in [0.1, 0.15) is 17.4 Å². The molecule has 0 saturated heterocycles. The van der Waals surface area contributed by atoms with Crippen molar-refractivity contribution in [2.75, 3.05) is 13.4 Å². The number of benzene rings is 1. The maximum atomic E-state index is 12.2. The van der Waals surface area contributed by atoms with E-state index < -0.39 is 18.2 Å². The second-order valence-corrected chi connectivity index (χ2v) is 7.20. The Labute approximate surface area is 169 Å². The van der Waals surface area contributed by atoms with Crippen LogP contribution in [-0.2, 0) is 18.9 Å². The number of carbonyl (C=O) groups is 2. The predicted octanol–water partition coefficient (Wildman–Crippen LogP) is 4.90. The van der Waals surface area contributed by atoms with Gasteiger partial charge in [-0.05, 0) is 45.6 Å². The van der Waals surface area contributed by atoms with Gasteiger partial charge in [-0.1, -0.05) is 18.2 Å². The molecule has 8 heteroatoms. The van der Waals surface area contributed by atoms with Crippen LogP contribution in [-0.4, -0.2) is 31.8 Å². The van der Waals surface area contributed by atoms with Gasteiger partial charge in [-0.25, -0.2) is 9.59 Å². The van der Waals surface area contributed by atoms with Crippen LogP contribution >= 0.6 is 11.8 Å². The van der Waals surface area contributed by atoms with Crippen LogP contribution in [0.25, 0.3) is 0 Å². The minimum absolute atomic E-state index is 0.297. The van der Waals surface area contributed by atoms with Crippen molar-refractivity contribution in [3.63, 3.8) is 0 Å². The number of carbonyl (C=O) groups excluding carboxylic acids is 2. The Hall–Kier alpha value is -2.61. The molecule has 7 nitrogen and oxygen atoms in total. The van der Waals surface area contributed by atoms with Gasteiger partial charge in [-0.2, -0.15) is 0 Å². The minimum Gasteiger partial charge on any atom is -0.437 e. The first-order chi connectivity index (χ1) is 13.3. The van der Waals surface area contributed by atoms with Crippen molar-refractivity contribution in [1.82, 2.24) is 5.32 Å². The Morgan fingerprint density at radius 1 is 1.04 bits per heavy atom. The number of rotatable bonds is 5. The predicted molar refractivity (Wildman–Crippen MR) is 106 cm³/mol. The molecule has 1 aromatic rings. The monoisotopic (exact) mass is 407 g/mol. The largest absolute Gasteiger partial charge is 0.513 e. The molecule has 0 aliphatic carbocycles. The number of thioether (sulfide) groups is 1. The van der Waals surface area contributed by atoms with E-state index in [4.69, 9.17) is 14.2 Å². The molecule has 0 radical (unpaired) electrons. The van der Waals surface area contributed by atoms with Gasteiger partial charge >= 0.3 is 12.3 Å². The summed E-state index contributed by atoms with van der Waals surface area (Å²) in [6.45, 7) is 7.03. The van der Waals surface area contributed by atoms with E-state index in [0.29, 0.717) is 22.9 Å². The molecule has 28 heavy (non-hydrogen) atoms. The number of allylic oxidation sites excluding steroid dienone is 2. The van der Waals surface area contributed by atoms with Gasteiger partial charge in [0.15, 0.2) is 0 Å². The maximum Gasteiger partial charge on any atom is 0.513 e. The van der Waals surface area contributed by atoms with E-state index in [2.05, 4.69) is 10.1 Å². The summed E-state index contributed by atoms with van der Waals surface area (Å²) in [5, 5.41) is 3.09. The van der Waals surface area contributed by atoms with Crippen LogP contribution in [0.5, 0.6) is 0 Å². The standard InChI is InChI=1S/C20H25NO6S/c1-11(2)25-20(23)27-18-13(4)21-12(3)17(26-19(22)24-5)16(18)14-9-7-8-10-15(14)28-6/h7-11,16,21H,1-6H3. The Kier molecular flexibility index (Phi) is 7.39. The number of methoxy groups -OCH3 is 1. The van der Waals surface area contributed by atoms with E-state index in [1.165, 1.54) is 7.11 Å². The molecule has 0 spiro atoms. The summed E-state index contributed by atoms with van der Waals surface area (Å²) in [6, 6.07) is 7.65. The number of hydrogen-bond donors (Lipinski definition) is 1. The molecule has 1 aliphatic rings. The summed E-state index contributed by atoms with van der Waals surface area (Å²) in [5.74, 6) is -0.0216. The van der Waals surface area contributed by atoms with Gasteiger partial charge in [0.05, 0.1) is 24.6 Å². The molecule has 1 N–H and O–H groups in total. The lowest BCUT2D eigenvalue weighted by Crippen LogP contribution is -2.29. The van der Waals surface area contributed by atoms with E-state index in [-0.39, 0.29) is 6.10 Å². The fourth-order valence-electron chi connectivity index (χ4n) is 2.85. The zero-order valence-corrected chi connectivity index (χ0v) is 17.6. The van der Waals surface area contributed by atoms with E-state index in [1.807, 2.05) is 30.5 Å². The molecule has 152 valence electrons. The third-order valence-electron chi connectivity index (χ3n) is 3.97. The number of nitrogens with one attached hydrogen (secondary N) is 1. The number of ether oxygens (including phenoxy) is 4. The molecule has 2 rings (SSSR count). The van der Waals surface area contributed by atoms with Crippen molar-refractivity contribution in [1.29, 1.82) is 0 Å². The van der Waals surface area contributed by atoms with Gasteiger partial charge < -0.3 is 24.3 Å². The Bertz CT molecular complexity index is 815. The summed E-state index contributed by atoms with van der Waals surface area (Å²) in [6.07, 6.45) is -0.0623. The SMILES string of the molecule is COC(=O)OC1=C(C)NC(C)=C(OC(=O)OC(C)C)C1c1ccccc1SC. The van der Waals surface area contributed by atoms with E-state index in [0.717, 1.165) is 10.5 Å². The van der Waals surface area contributed by atoms with Crippen LogP contribution in [0.15, 0.2) is 52.1 Å². The first kappa shape index (κ1) is 21.7. The molecule has 0 aromatic heterocycles. The van der Waals surface area contributed by atoms with Gasteiger partial charge in [0, 0.05) is 4.90 Å². The van der Waals surface area contributed by atoms with Crippen molar-refractivity contribution in [2.45, 2.75) is 44.6 Å².